The average Bonchev–Trinajstić information content (AvgIpc) is 2.99. The van der Waals surface area contributed by atoms with Gasteiger partial charge in [-0.1, -0.05) is 60.7 Å². The van der Waals surface area contributed by atoms with Crippen LogP contribution in [-0.4, -0.2) is 21.0 Å². The Morgan fingerprint density at radius 2 is 1.52 bits per heavy atom. The van der Waals surface area contributed by atoms with Crippen LogP contribution in [0, 0.1) is 0 Å². The van der Waals surface area contributed by atoms with Crippen LogP contribution in [0.1, 0.15) is 22.6 Å². The van der Waals surface area contributed by atoms with Gasteiger partial charge in [-0.05, 0) is 11.1 Å². The van der Waals surface area contributed by atoms with E-state index in [1.807, 2.05) is 0 Å². The van der Waals surface area contributed by atoms with Gasteiger partial charge in [-0.15, -0.1) is 0 Å². The maximum absolute atomic E-state index is 4.67. The van der Waals surface area contributed by atoms with E-state index in [9.17, 15) is 0 Å². The van der Waals surface area contributed by atoms with Crippen LogP contribution in [-0.2, 0) is 26.1 Å². The molecule has 0 radical (unpaired) electrons. The number of hydrogen-bond donors (Lipinski definition) is 0. The van der Waals surface area contributed by atoms with Crippen molar-refractivity contribution in [3.8, 4) is 0 Å². The molecule has 3 heteroatoms. The number of fused-ring (bicyclic) bond motifs is 1. The first-order valence-electron chi connectivity index (χ1n) is 8.22. The second-order valence-electron chi connectivity index (χ2n) is 6.18. The Balaban J connectivity index is 1.47. The summed E-state index contributed by atoms with van der Waals surface area (Å²) in [6.45, 7) is 4.11. The molecule has 4 rings (SSSR count). The number of benzene rings is 2. The van der Waals surface area contributed by atoms with Gasteiger partial charge in [0, 0.05) is 38.8 Å². The van der Waals surface area contributed by atoms with E-state index in [2.05, 4.69) is 81.3 Å². The molecule has 0 saturated heterocycles. The second-order valence-corrected chi connectivity index (χ2v) is 6.18. The summed E-state index contributed by atoms with van der Waals surface area (Å²) in [6.07, 6.45) is 2.97. The number of nitrogens with zero attached hydrogens (tertiary/aromatic N) is 3. The topological polar surface area (TPSA) is 21.1 Å². The highest BCUT2D eigenvalue weighted by atomic mass is 15.2. The Hall–Kier alpha value is -2.39. The van der Waals surface area contributed by atoms with Crippen molar-refractivity contribution in [1.82, 2.24) is 14.5 Å². The van der Waals surface area contributed by atoms with Crippen LogP contribution >= 0.6 is 0 Å². The van der Waals surface area contributed by atoms with Crippen LogP contribution in [0.25, 0.3) is 0 Å². The zero-order valence-corrected chi connectivity index (χ0v) is 13.2. The third kappa shape index (κ3) is 3.20. The molecule has 1 aromatic heterocycles. The molecule has 0 aliphatic carbocycles. The highest BCUT2D eigenvalue weighted by Crippen LogP contribution is 2.19. The van der Waals surface area contributed by atoms with E-state index in [0.29, 0.717) is 0 Å². The third-order valence-corrected chi connectivity index (χ3v) is 4.50. The monoisotopic (exact) mass is 303 g/mol. The highest BCUT2D eigenvalue weighted by molar-refractivity contribution is 5.21. The summed E-state index contributed by atoms with van der Waals surface area (Å²) >= 11 is 0. The summed E-state index contributed by atoms with van der Waals surface area (Å²) in [4.78, 5) is 7.17. The Labute approximate surface area is 137 Å². The van der Waals surface area contributed by atoms with Gasteiger partial charge in [-0.3, -0.25) is 4.90 Å². The first kappa shape index (κ1) is 14.2. The summed E-state index contributed by atoms with van der Waals surface area (Å²) in [5.41, 5.74) is 4.04. The van der Waals surface area contributed by atoms with Gasteiger partial charge in [0.1, 0.15) is 5.82 Å². The van der Waals surface area contributed by atoms with Crippen LogP contribution < -0.4 is 0 Å². The standard InChI is InChI=1S/C20H21N3/c1-3-7-17(8-4-1)13-20-21-14-19-16-22(11-12-23(19)20)15-18-9-5-2-6-10-18/h1-10,14H,11-13,15-16H2. The number of imidazole rings is 1. The SMILES string of the molecule is c1ccc(Cc2ncc3n2CCN(Cc2ccccc2)C3)cc1. The smallest absolute Gasteiger partial charge is 0.113 e. The van der Waals surface area contributed by atoms with Gasteiger partial charge in [0.05, 0.1) is 5.69 Å². The largest absolute Gasteiger partial charge is 0.329 e. The Bertz CT molecular complexity index is 762. The molecule has 0 fully saturated rings. The fourth-order valence-corrected chi connectivity index (χ4v) is 3.30. The number of hydrogen-bond acceptors (Lipinski definition) is 2. The van der Waals surface area contributed by atoms with Crippen molar-refractivity contribution in [1.29, 1.82) is 0 Å². The number of rotatable bonds is 4. The molecule has 116 valence electrons. The second kappa shape index (κ2) is 6.39. The van der Waals surface area contributed by atoms with Crippen molar-refractivity contribution in [2.75, 3.05) is 6.54 Å². The zero-order valence-electron chi connectivity index (χ0n) is 13.2. The van der Waals surface area contributed by atoms with Crippen LogP contribution in [0.5, 0.6) is 0 Å². The lowest BCUT2D eigenvalue weighted by atomic mass is 10.1. The van der Waals surface area contributed by atoms with Crippen LogP contribution in [0.3, 0.4) is 0 Å². The Kier molecular flexibility index (Phi) is 3.95. The molecule has 1 aliphatic heterocycles. The average molecular weight is 303 g/mol. The van der Waals surface area contributed by atoms with Gasteiger partial charge in [0.25, 0.3) is 0 Å². The molecule has 3 nitrogen and oxygen atoms in total. The van der Waals surface area contributed by atoms with Crippen molar-refractivity contribution < 1.29 is 0 Å². The lowest BCUT2D eigenvalue weighted by Crippen LogP contribution is -2.33. The van der Waals surface area contributed by atoms with E-state index < -0.39 is 0 Å². The quantitative estimate of drug-likeness (QED) is 0.735. The summed E-state index contributed by atoms with van der Waals surface area (Å²) in [5.74, 6) is 1.19. The van der Waals surface area contributed by atoms with E-state index in [0.717, 1.165) is 32.6 Å². The zero-order chi connectivity index (χ0) is 15.5. The first-order valence-corrected chi connectivity index (χ1v) is 8.22. The minimum Gasteiger partial charge on any atom is -0.329 e. The summed E-state index contributed by atoms with van der Waals surface area (Å²) in [7, 11) is 0. The van der Waals surface area contributed by atoms with Crippen molar-refractivity contribution in [2.24, 2.45) is 0 Å². The van der Waals surface area contributed by atoms with Crippen molar-refractivity contribution >= 4 is 0 Å². The molecule has 0 spiro atoms. The predicted molar refractivity (Wildman–Crippen MR) is 92.0 cm³/mol. The molecule has 0 bridgehead atoms. The summed E-state index contributed by atoms with van der Waals surface area (Å²) in [5, 5.41) is 0. The number of aromatic nitrogens is 2. The molecule has 0 N–H and O–H groups in total. The molecular weight excluding hydrogens is 282 g/mol. The lowest BCUT2D eigenvalue weighted by Gasteiger charge is -2.29. The van der Waals surface area contributed by atoms with Crippen molar-refractivity contribution in [3.05, 3.63) is 89.5 Å². The van der Waals surface area contributed by atoms with E-state index in [1.165, 1.54) is 22.6 Å². The molecule has 23 heavy (non-hydrogen) atoms. The lowest BCUT2D eigenvalue weighted by molar-refractivity contribution is 0.211. The van der Waals surface area contributed by atoms with E-state index in [4.69, 9.17) is 0 Å². The molecule has 2 aromatic carbocycles. The normalized spacial score (nSPS) is 14.6. The Morgan fingerprint density at radius 3 is 2.26 bits per heavy atom. The molecule has 2 heterocycles. The molecule has 3 aromatic rings. The molecule has 0 unspecified atom stereocenters. The molecule has 0 amide bonds. The van der Waals surface area contributed by atoms with Gasteiger partial charge in [-0.2, -0.15) is 0 Å². The Morgan fingerprint density at radius 1 is 0.826 bits per heavy atom. The molecule has 0 saturated carbocycles. The minimum atomic E-state index is 0.916. The van der Waals surface area contributed by atoms with Gasteiger partial charge in [0.15, 0.2) is 0 Å². The van der Waals surface area contributed by atoms with Gasteiger partial charge in [0.2, 0.25) is 0 Å². The molecule has 1 aliphatic rings. The first-order chi connectivity index (χ1) is 11.4. The molecule has 0 atom stereocenters. The van der Waals surface area contributed by atoms with Crippen molar-refractivity contribution in [2.45, 2.75) is 26.1 Å². The van der Waals surface area contributed by atoms with E-state index >= 15 is 0 Å². The maximum atomic E-state index is 4.67. The fraction of sp³-hybridized carbons (Fsp3) is 0.250. The summed E-state index contributed by atoms with van der Waals surface area (Å²) < 4.78 is 2.40. The highest BCUT2D eigenvalue weighted by Gasteiger charge is 2.19. The van der Waals surface area contributed by atoms with Gasteiger partial charge in [-0.25, -0.2) is 4.98 Å². The van der Waals surface area contributed by atoms with Crippen molar-refractivity contribution in [3.63, 3.8) is 0 Å². The van der Waals surface area contributed by atoms with Crippen LogP contribution in [0.2, 0.25) is 0 Å². The predicted octanol–water partition coefficient (Wildman–Crippen LogP) is 3.49. The van der Waals surface area contributed by atoms with Crippen LogP contribution in [0.4, 0.5) is 0 Å². The van der Waals surface area contributed by atoms with E-state index in [-0.39, 0.29) is 0 Å². The van der Waals surface area contributed by atoms with Gasteiger partial charge >= 0.3 is 0 Å². The maximum Gasteiger partial charge on any atom is 0.113 e. The van der Waals surface area contributed by atoms with Gasteiger partial charge < -0.3 is 4.57 Å². The molecular formula is C20H21N3. The third-order valence-electron chi connectivity index (χ3n) is 4.50. The fourth-order valence-electron chi connectivity index (χ4n) is 3.30. The minimum absolute atomic E-state index is 0.916. The van der Waals surface area contributed by atoms with E-state index in [1.54, 1.807) is 0 Å². The van der Waals surface area contributed by atoms with Crippen LogP contribution in [0.15, 0.2) is 66.9 Å². The summed E-state index contributed by atoms with van der Waals surface area (Å²) in [6, 6.07) is 21.3.